The van der Waals surface area contributed by atoms with Crippen LogP contribution < -0.4 is 5.32 Å². The van der Waals surface area contributed by atoms with Crippen molar-refractivity contribution in [2.75, 3.05) is 5.32 Å². The maximum atomic E-state index is 11.2. The number of aliphatic hydroxyl groups excluding tert-OH is 2. The van der Waals surface area contributed by atoms with Crippen LogP contribution in [0.15, 0.2) is 18.2 Å². The first kappa shape index (κ1) is 12.5. The van der Waals surface area contributed by atoms with E-state index < -0.39 is 24.6 Å². The summed E-state index contributed by atoms with van der Waals surface area (Å²) in [5.41, 5.74) is 1.80. The summed E-state index contributed by atoms with van der Waals surface area (Å²) < 4.78 is 0. The van der Waals surface area contributed by atoms with Crippen LogP contribution in [0.25, 0.3) is 0 Å². The molecule has 1 heterocycles. The molecule has 96 valence electrons. The average molecular weight is 251 g/mol. The van der Waals surface area contributed by atoms with Gasteiger partial charge in [-0.05, 0) is 17.2 Å². The van der Waals surface area contributed by atoms with Crippen LogP contribution in [0.3, 0.4) is 0 Å². The number of benzene rings is 1. The third-order valence-electron chi connectivity index (χ3n) is 2.85. The molecule has 2 unspecified atom stereocenters. The highest BCUT2D eigenvalue weighted by atomic mass is 16.4. The highest BCUT2D eigenvalue weighted by molar-refractivity contribution is 5.99. The number of carbonyl (C=O) groups is 2. The lowest BCUT2D eigenvalue weighted by atomic mass is 10.00. The van der Waals surface area contributed by atoms with Crippen molar-refractivity contribution in [2.45, 2.75) is 25.0 Å². The standard InChI is InChI=1S/C12H13NO5/c14-9(5-11(16)17)12(18)7-2-1-6-4-10(15)13-8(6)3-7/h1-3,9,12,14,18H,4-5H2,(H,13,15)(H,16,17). The van der Waals surface area contributed by atoms with Gasteiger partial charge in [-0.15, -0.1) is 0 Å². The summed E-state index contributed by atoms with van der Waals surface area (Å²) >= 11 is 0. The Morgan fingerprint density at radius 2 is 2.11 bits per heavy atom. The number of hydrogen-bond donors (Lipinski definition) is 4. The minimum Gasteiger partial charge on any atom is -0.481 e. The summed E-state index contributed by atoms with van der Waals surface area (Å²) in [6.45, 7) is 0. The van der Waals surface area contributed by atoms with E-state index in [1.54, 1.807) is 18.2 Å². The number of rotatable bonds is 4. The van der Waals surface area contributed by atoms with Crippen molar-refractivity contribution >= 4 is 17.6 Å². The average Bonchev–Trinajstić information content (AvgIpc) is 2.65. The summed E-state index contributed by atoms with van der Waals surface area (Å²) in [5.74, 6) is -1.31. The van der Waals surface area contributed by atoms with Crippen LogP contribution in [0.2, 0.25) is 0 Å². The predicted molar refractivity (Wildman–Crippen MR) is 62.0 cm³/mol. The quantitative estimate of drug-likeness (QED) is 0.605. The van der Waals surface area contributed by atoms with E-state index in [-0.39, 0.29) is 5.91 Å². The van der Waals surface area contributed by atoms with E-state index in [0.717, 1.165) is 5.56 Å². The van der Waals surface area contributed by atoms with E-state index in [9.17, 15) is 19.8 Å². The zero-order valence-electron chi connectivity index (χ0n) is 9.46. The largest absolute Gasteiger partial charge is 0.481 e. The van der Waals surface area contributed by atoms with E-state index in [4.69, 9.17) is 5.11 Å². The molecule has 6 nitrogen and oxygen atoms in total. The van der Waals surface area contributed by atoms with E-state index >= 15 is 0 Å². The second-order valence-electron chi connectivity index (χ2n) is 4.25. The molecule has 1 aromatic carbocycles. The summed E-state index contributed by atoms with van der Waals surface area (Å²) in [6.07, 6.45) is -2.91. The number of carboxylic acid groups (broad SMARTS) is 1. The molecule has 0 saturated carbocycles. The Bertz CT molecular complexity index is 499. The molecular weight excluding hydrogens is 238 g/mol. The van der Waals surface area contributed by atoms with Crippen molar-refractivity contribution < 1.29 is 24.9 Å². The van der Waals surface area contributed by atoms with Crippen LogP contribution in [0, 0.1) is 0 Å². The van der Waals surface area contributed by atoms with Gasteiger partial charge in [0.15, 0.2) is 0 Å². The van der Waals surface area contributed by atoms with Gasteiger partial charge in [-0.1, -0.05) is 12.1 Å². The normalized spacial score (nSPS) is 16.9. The van der Waals surface area contributed by atoms with Crippen molar-refractivity contribution in [2.24, 2.45) is 0 Å². The lowest BCUT2D eigenvalue weighted by Gasteiger charge is -2.17. The first-order valence-corrected chi connectivity index (χ1v) is 5.48. The molecule has 1 amide bonds. The van der Waals surface area contributed by atoms with Gasteiger partial charge in [0.1, 0.15) is 6.10 Å². The Labute approximate surface area is 103 Å². The minimum absolute atomic E-state index is 0.122. The Morgan fingerprint density at radius 3 is 2.78 bits per heavy atom. The van der Waals surface area contributed by atoms with Gasteiger partial charge in [0.25, 0.3) is 0 Å². The number of nitrogens with one attached hydrogen (secondary N) is 1. The van der Waals surface area contributed by atoms with Crippen molar-refractivity contribution in [3.05, 3.63) is 29.3 Å². The fourth-order valence-corrected chi connectivity index (χ4v) is 1.93. The van der Waals surface area contributed by atoms with E-state index in [1.807, 2.05) is 0 Å². The molecule has 0 bridgehead atoms. The summed E-state index contributed by atoms with van der Waals surface area (Å²) in [6, 6.07) is 4.81. The van der Waals surface area contributed by atoms with Crippen LogP contribution in [-0.2, 0) is 16.0 Å². The topological polar surface area (TPSA) is 107 Å². The molecule has 2 atom stereocenters. The van der Waals surface area contributed by atoms with Gasteiger partial charge in [0.2, 0.25) is 5.91 Å². The molecule has 2 rings (SSSR count). The monoisotopic (exact) mass is 251 g/mol. The highest BCUT2D eigenvalue weighted by Crippen LogP contribution is 2.28. The summed E-state index contributed by atoms with van der Waals surface area (Å²) in [7, 11) is 0. The van der Waals surface area contributed by atoms with E-state index in [1.165, 1.54) is 0 Å². The second kappa shape index (κ2) is 4.75. The van der Waals surface area contributed by atoms with Crippen LogP contribution in [0.1, 0.15) is 23.7 Å². The highest BCUT2D eigenvalue weighted by Gasteiger charge is 2.24. The van der Waals surface area contributed by atoms with Gasteiger partial charge in [-0.25, -0.2) is 0 Å². The number of aliphatic hydroxyl groups is 2. The van der Waals surface area contributed by atoms with E-state index in [0.29, 0.717) is 17.7 Å². The van der Waals surface area contributed by atoms with Gasteiger partial charge in [0, 0.05) is 5.69 Å². The number of carbonyl (C=O) groups excluding carboxylic acids is 1. The Kier molecular flexibility index (Phi) is 3.31. The lowest BCUT2D eigenvalue weighted by Crippen LogP contribution is -2.21. The Hall–Kier alpha value is -1.92. The summed E-state index contributed by atoms with van der Waals surface area (Å²) in [4.78, 5) is 21.6. The number of anilines is 1. The SMILES string of the molecule is O=C(O)CC(O)C(O)c1ccc2c(c1)NC(=O)C2. The smallest absolute Gasteiger partial charge is 0.306 e. The van der Waals surface area contributed by atoms with Gasteiger partial charge in [0.05, 0.1) is 18.9 Å². The molecule has 0 spiro atoms. The molecule has 4 N–H and O–H groups in total. The van der Waals surface area contributed by atoms with Crippen LogP contribution >= 0.6 is 0 Å². The molecule has 1 aliphatic rings. The number of fused-ring (bicyclic) bond motifs is 1. The number of aliphatic carboxylic acids is 1. The molecule has 0 fully saturated rings. The van der Waals surface area contributed by atoms with Crippen LogP contribution in [0.5, 0.6) is 0 Å². The zero-order valence-corrected chi connectivity index (χ0v) is 9.46. The van der Waals surface area contributed by atoms with Crippen molar-refractivity contribution in [1.29, 1.82) is 0 Å². The fraction of sp³-hybridized carbons (Fsp3) is 0.333. The van der Waals surface area contributed by atoms with Crippen LogP contribution in [-0.4, -0.2) is 33.3 Å². The maximum Gasteiger partial charge on any atom is 0.306 e. The summed E-state index contributed by atoms with van der Waals surface area (Å²) in [5, 5.41) is 30.5. The molecular formula is C12H13NO5. The molecule has 0 radical (unpaired) electrons. The minimum atomic E-state index is -1.38. The number of carboxylic acids is 1. The second-order valence-corrected chi connectivity index (χ2v) is 4.25. The van der Waals surface area contributed by atoms with Crippen molar-refractivity contribution in [3.63, 3.8) is 0 Å². The number of amides is 1. The van der Waals surface area contributed by atoms with Gasteiger partial charge in [-0.2, -0.15) is 0 Å². The Balaban J connectivity index is 2.17. The van der Waals surface area contributed by atoms with Gasteiger partial charge >= 0.3 is 5.97 Å². The van der Waals surface area contributed by atoms with Gasteiger partial charge in [-0.3, -0.25) is 9.59 Å². The third kappa shape index (κ3) is 2.49. The lowest BCUT2D eigenvalue weighted by molar-refractivity contribution is -0.141. The molecule has 1 aromatic rings. The molecule has 6 heteroatoms. The molecule has 1 aliphatic heterocycles. The predicted octanol–water partition coefficient (Wildman–Crippen LogP) is 0.0502. The fourth-order valence-electron chi connectivity index (χ4n) is 1.93. The Morgan fingerprint density at radius 1 is 1.39 bits per heavy atom. The van der Waals surface area contributed by atoms with Crippen molar-refractivity contribution in [3.8, 4) is 0 Å². The van der Waals surface area contributed by atoms with Gasteiger partial charge < -0.3 is 20.6 Å². The van der Waals surface area contributed by atoms with Crippen LogP contribution in [0.4, 0.5) is 5.69 Å². The molecule has 18 heavy (non-hydrogen) atoms. The number of hydrogen-bond acceptors (Lipinski definition) is 4. The van der Waals surface area contributed by atoms with Crippen molar-refractivity contribution in [1.82, 2.24) is 0 Å². The molecule has 0 aliphatic carbocycles. The molecule has 0 saturated heterocycles. The maximum absolute atomic E-state index is 11.2. The van der Waals surface area contributed by atoms with E-state index in [2.05, 4.69) is 5.32 Å². The zero-order chi connectivity index (χ0) is 13.3. The third-order valence-corrected chi connectivity index (χ3v) is 2.85. The first-order valence-electron chi connectivity index (χ1n) is 5.48. The first-order chi connectivity index (χ1) is 8.47. The molecule has 0 aromatic heterocycles.